The molecule has 0 amide bonds. The normalized spacial score (nSPS) is 11.5. The van der Waals surface area contributed by atoms with Gasteiger partial charge in [-0.3, -0.25) is 0 Å². The van der Waals surface area contributed by atoms with Crippen molar-refractivity contribution < 1.29 is 22.7 Å². The van der Waals surface area contributed by atoms with E-state index in [0.29, 0.717) is 23.5 Å². The van der Waals surface area contributed by atoms with Gasteiger partial charge in [-0.1, -0.05) is 48.0 Å². The Morgan fingerprint density at radius 1 is 0.943 bits per heavy atom. The summed E-state index contributed by atoms with van der Waals surface area (Å²) in [5.74, 6) is 0.350. The first-order valence-electron chi connectivity index (χ1n) is 11.0. The lowest BCUT2D eigenvalue weighted by molar-refractivity contribution is 0.0734. The molecule has 0 fully saturated rings. The van der Waals surface area contributed by atoms with Gasteiger partial charge in [-0.05, 0) is 67.1 Å². The van der Waals surface area contributed by atoms with Crippen molar-refractivity contribution in [1.82, 2.24) is 4.83 Å². The molecular formula is C27H24N2O5S. The first-order valence-corrected chi connectivity index (χ1v) is 12.4. The maximum absolute atomic E-state index is 12.8. The number of esters is 1. The molecule has 4 aromatic rings. The van der Waals surface area contributed by atoms with E-state index in [1.54, 1.807) is 42.5 Å². The van der Waals surface area contributed by atoms with Crippen LogP contribution in [0.25, 0.3) is 10.8 Å². The fourth-order valence-corrected chi connectivity index (χ4v) is 4.23. The van der Waals surface area contributed by atoms with E-state index in [1.165, 1.54) is 18.3 Å². The molecule has 35 heavy (non-hydrogen) atoms. The summed E-state index contributed by atoms with van der Waals surface area (Å²) >= 11 is 0. The molecule has 7 nitrogen and oxygen atoms in total. The van der Waals surface area contributed by atoms with Crippen molar-refractivity contribution in [3.05, 3.63) is 102 Å². The van der Waals surface area contributed by atoms with Crippen molar-refractivity contribution in [3.63, 3.8) is 0 Å². The molecular weight excluding hydrogens is 464 g/mol. The number of hydrogen-bond donors (Lipinski definition) is 1. The summed E-state index contributed by atoms with van der Waals surface area (Å²) < 4.78 is 36.3. The summed E-state index contributed by atoms with van der Waals surface area (Å²) in [6.07, 6.45) is 1.34. The fourth-order valence-electron chi connectivity index (χ4n) is 3.44. The lowest BCUT2D eigenvalue weighted by atomic mass is 10.0. The molecule has 0 aromatic heterocycles. The number of hydrogen-bond acceptors (Lipinski definition) is 6. The summed E-state index contributed by atoms with van der Waals surface area (Å²) in [6.45, 7) is 4.28. The smallest absolute Gasteiger partial charge is 0.343 e. The van der Waals surface area contributed by atoms with Crippen molar-refractivity contribution in [2.45, 2.75) is 18.7 Å². The van der Waals surface area contributed by atoms with Crippen LogP contribution in [0.5, 0.6) is 11.5 Å². The van der Waals surface area contributed by atoms with Crippen molar-refractivity contribution in [1.29, 1.82) is 0 Å². The van der Waals surface area contributed by atoms with Crippen LogP contribution >= 0.6 is 0 Å². The molecule has 0 aliphatic rings. The number of benzene rings is 4. The molecule has 178 valence electrons. The Kier molecular flexibility index (Phi) is 7.12. The summed E-state index contributed by atoms with van der Waals surface area (Å²) in [7, 11) is -3.86. The van der Waals surface area contributed by atoms with E-state index >= 15 is 0 Å². The molecule has 0 unspecified atom stereocenters. The summed E-state index contributed by atoms with van der Waals surface area (Å²) in [6, 6.07) is 24.0. The van der Waals surface area contributed by atoms with Crippen LogP contribution in [0, 0.1) is 6.92 Å². The molecule has 0 radical (unpaired) electrons. The molecule has 4 aromatic carbocycles. The quantitative estimate of drug-likeness (QED) is 0.162. The Morgan fingerprint density at radius 3 is 2.37 bits per heavy atom. The highest BCUT2D eigenvalue weighted by Gasteiger charge is 2.15. The summed E-state index contributed by atoms with van der Waals surface area (Å²) in [5, 5.41) is 5.60. The van der Waals surface area contributed by atoms with Crippen LogP contribution in [0.15, 0.2) is 94.9 Å². The van der Waals surface area contributed by atoms with Crippen molar-refractivity contribution in [3.8, 4) is 11.5 Å². The number of ether oxygens (including phenoxy) is 2. The number of sulfonamides is 1. The second-order valence-corrected chi connectivity index (χ2v) is 9.37. The van der Waals surface area contributed by atoms with Crippen molar-refractivity contribution in [2.75, 3.05) is 6.61 Å². The van der Waals surface area contributed by atoms with E-state index in [2.05, 4.69) is 9.93 Å². The lowest BCUT2D eigenvalue weighted by Crippen LogP contribution is -2.18. The summed E-state index contributed by atoms with van der Waals surface area (Å²) in [5.41, 5.74) is 1.76. The lowest BCUT2D eigenvalue weighted by Gasteiger charge is -2.11. The molecule has 1 N–H and O–H groups in total. The van der Waals surface area contributed by atoms with E-state index in [4.69, 9.17) is 9.47 Å². The van der Waals surface area contributed by atoms with Gasteiger partial charge in [-0.25, -0.2) is 9.63 Å². The third kappa shape index (κ3) is 5.67. The number of nitrogens with one attached hydrogen (secondary N) is 1. The molecule has 0 atom stereocenters. The highest BCUT2D eigenvalue weighted by molar-refractivity contribution is 7.89. The van der Waals surface area contributed by atoms with Gasteiger partial charge in [0, 0.05) is 5.56 Å². The van der Waals surface area contributed by atoms with Crippen molar-refractivity contribution >= 4 is 33.0 Å². The average molecular weight is 489 g/mol. The molecule has 0 spiro atoms. The Balaban J connectivity index is 1.62. The zero-order chi connectivity index (χ0) is 24.8. The molecule has 0 heterocycles. The number of nitrogens with zero attached hydrogens (tertiary/aromatic N) is 1. The van der Waals surface area contributed by atoms with Gasteiger partial charge in [-0.2, -0.15) is 13.5 Å². The second-order valence-electron chi connectivity index (χ2n) is 7.71. The number of carbonyl (C=O) groups is 1. The third-order valence-corrected chi connectivity index (χ3v) is 6.47. The number of carbonyl (C=O) groups excluding carboxylic acids is 1. The van der Waals surface area contributed by atoms with Crippen LogP contribution in [0.3, 0.4) is 0 Å². The Morgan fingerprint density at radius 2 is 1.66 bits per heavy atom. The Hall–Kier alpha value is -4.17. The molecule has 0 bridgehead atoms. The predicted octanol–water partition coefficient (Wildman–Crippen LogP) is 5.08. The standard InChI is InChI=1S/C27H24N2O5S/c1-3-33-22-13-10-21(11-14-22)27(30)34-26-17-12-20-6-4-5-7-24(20)25(26)18-28-29-35(31,32)23-15-8-19(2)9-16-23/h4-18,29H,3H2,1-2H3/b28-18+. The maximum atomic E-state index is 12.8. The van der Waals surface area contributed by atoms with Gasteiger partial charge in [0.25, 0.3) is 10.0 Å². The first-order chi connectivity index (χ1) is 16.9. The van der Waals surface area contributed by atoms with Gasteiger partial charge >= 0.3 is 5.97 Å². The SMILES string of the molecule is CCOc1ccc(C(=O)Oc2ccc3ccccc3c2/C=N/NS(=O)(=O)c2ccc(C)cc2)cc1. The Labute approximate surface area is 204 Å². The highest BCUT2D eigenvalue weighted by Crippen LogP contribution is 2.28. The monoisotopic (exact) mass is 488 g/mol. The van der Waals surface area contributed by atoms with E-state index in [-0.39, 0.29) is 10.6 Å². The predicted molar refractivity (Wildman–Crippen MR) is 136 cm³/mol. The van der Waals surface area contributed by atoms with Crippen LogP contribution in [0.4, 0.5) is 0 Å². The molecule has 4 rings (SSSR count). The highest BCUT2D eigenvalue weighted by atomic mass is 32.2. The van der Waals surface area contributed by atoms with Gasteiger partial charge in [0.05, 0.1) is 23.3 Å². The van der Waals surface area contributed by atoms with E-state index < -0.39 is 16.0 Å². The minimum atomic E-state index is -3.86. The van der Waals surface area contributed by atoms with Crippen LogP contribution in [0.2, 0.25) is 0 Å². The molecule has 0 aliphatic heterocycles. The first kappa shape index (κ1) is 24.0. The third-order valence-electron chi connectivity index (χ3n) is 5.23. The minimum Gasteiger partial charge on any atom is -0.494 e. The zero-order valence-electron chi connectivity index (χ0n) is 19.3. The largest absolute Gasteiger partial charge is 0.494 e. The van der Waals surface area contributed by atoms with Crippen molar-refractivity contribution in [2.24, 2.45) is 5.10 Å². The van der Waals surface area contributed by atoms with Crippen LogP contribution in [-0.4, -0.2) is 27.2 Å². The van der Waals surface area contributed by atoms with E-state index in [9.17, 15) is 13.2 Å². The molecule has 0 saturated carbocycles. The van der Waals surface area contributed by atoms with Gasteiger partial charge in [0.2, 0.25) is 0 Å². The fraction of sp³-hybridized carbons (Fsp3) is 0.111. The molecule has 0 saturated heterocycles. The number of hydrazone groups is 1. The maximum Gasteiger partial charge on any atom is 0.343 e. The average Bonchev–Trinajstić information content (AvgIpc) is 2.86. The van der Waals surface area contributed by atoms with E-state index in [1.807, 2.05) is 44.2 Å². The molecule has 8 heteroatoms. The van der Waals surface area contributed by atoms with Gasteiger partial charge in [0.1, 0.15) is 11.5 Å². The summed E-state index contributed by atoms with van der Waals surface area (Å²) in [4.78, 5) is 15.1. The number of fused-ring (bicyclic) bond motifs is 1. The van der Waals surface area contributed by atoms with Gasteiger partial charge < -0.3 is 9.47 Å². The van der Waals surface area contributed by atoms with Crippen LogP contribution in [-0.2, 0) is 10.0 Å². The van der Waals surface area contributed by atoms with Gasteiger partial charge in [0.15, 0.2) is 0 Å². The van der Waals surface area contributed by atoms with E-state index in [0.717, 1.165) is 16.3 Å². The second kappa shape index (κ2) is 10.4. The molecule has 0 aliphatic carbocycles. The zero-order valence-corrected chi connectivity index (χ0v) is 20.1. The van der Waals surface area contributed by atoms with Crippen LogP contribution < -0.4 is 14.3 Å². The number of rotatable bonds is 8. The number of aryl methyl sites for hydroxylation is 1. The Bertz CT molecular complexity index is 1480. The topological polar surface area (TPSA) is 94.1 Å². The van der Waals surface area contributed by atoms with Gasteiger partial charge in [-0.15, -0.1) is 0 Å². The van der Waals surface area contributed by atoms with Crippen LogP contribution in [0.1, 0.15) is 28.4 Å². The minimum absolute atomic E-state index is 0.0975.